The van der Waals surface area contributed by atoms with E-state index in [1.54, 1.807) is 6.07 Å². The van der Waals surface area contributed by atoms with Gasteiger partial charge in [0.15, 0.2) is 0 Å². The summed E-state index contributed by atoms with van der Waals surface area (Å²) in [6.45, 7) is 15.0. The average Bonchev–Trinajstić information content (AvgIpc) is 2.99. The van der Waals surface area contributed by atoms with Gasteiger partial charge < -0.3 is 14.7 Å². The molecule has 2 heterocycles. The van der Waals surface area contributed by atoms with Crippen LogP contribution in [0, 0.1) is 11.7 Å². The summed E-state index contributed by atoms with van der Waals surface area (Å²) < 4.78 is 16.3. The number of quaternary nitrogens is 1. The first-order valence-electron chi connectivity index (χ1n) is 15.9. The molecule has 2 aliphatic rings. The lowest BCUT2D eigenvalue weighted by Gasteiger charge is -2.44. The van der Waals surface area contributed by atoms with Crippen molar-refractivity contribution in [1.29, 1.82) is 0 Å². The molecule has 0 radical (unpaired) electrons. The Kier molecular flexibility index (Phi) is 11.5. The van der Waals surface area contributed by atoms with E-state index in [2.05, 4.69) is 74.9 Å². The van der Waals surface area contributed by atoms with Crippen LogP contribution >= 0.6 is 0 Å². The highest BCUT2D eigenvalue weighted by Gasteiger charge is 2.31. The second-order valence-electron chi connectivity index (χ2n) is 13.3. The zero-order chi connectivity index (χ0) is 31.0. The fourth-order valence-electron chi connectivity index (χ4n) is 6.21. The van der Waals surface area contributed by atoms with Crippen molar-refractivity contribution in [3.8, 4) is 0 Å². The molecule has 1 amide bonds. The molecule has 232 valence electrons. The highest BCUT2D eigenvalue weighted by molar-refractivity contribution is 5.94. The lowest BCUT2D eigenvalue weighted by molar-refractivity contribution is -0.917. The molecule has 0 spiro atoms. The van der Waals surface area contributed by atoms with Gasteiger partial charge in [0.2, 0.25) is 0 Å². The molecule has 6 heteroatoms. The number of hydrogen-bond donors (Lipinski definition) is 1. The van der Waals surface area contributed by atoms with Crippen LogP contribution in [-0.2, 0) is 13.0 Å². The zero-order valence-corrected chi connectivity index (χ0v) is 27.0. The van der Waals surface area contributed by atoms with Crippen molar-refractivity contribution < 1.29 is 13.7 Å². The summed E-state index contributed by atoms with van der Waals surface area (Å²) in [5, 5.41) is 3.06. The standard InChI is InChI=1S/C37H51FN4O/c1-7-10-33(22-29(8-2)27-41-19-20-42(5,6)28(3)26-41)35-24-32(13-14-36(35)38)25-39-37(43)34-12-9-11-31(23-34)21-30-15-17-40(4)18-16-30/h7-9,11-14,22-24,28,30H,1,10,15-21,25-27H2,2-6H3/p+1/b29-8+,33-22+. The second kappa shape index (κ2) is 15.1. The molecule has 0 aliphatic carbocycles. The van der Waals surface area contributed by atoms with Crippen LogP contribution in [0.1, 0.15) is 60.2 Å². The van der Waals surface area contributed by atoms with Crippen LogP contribution in [-0.4, -0.2) is 86.6 Å². The van der Waals surface area contributed by atoms with Crippen molar-refractivity contribution in [2.24, 2.45) is 5.92 Å². The van der Waals surface area contributed by atoms with Gasteiger partial charge in [-0.15, -0.1) is 6.58 Å². The Morgan fingerprint density at radius 1 is 1.12 bits per heavy atom. The topological polar surface area (TPSA) is 35.6 Å². The van der Waals surface area contributed by atoms with Gasteiger partial charge >= 0.3 is 0 Å². The van der Waals surface area contributed by atoms with E-state index in [1.165, 1.54) is 30.0 Å². The van der Waals surface area contributed by atoms with Gasteiger partial charge in [0.05, 0.1) is 33.2 Å². The summed E-state index contributed by atoms with van der Waals surface area (Å²) in [6.07, 6.45) is 10.1. The Labute approximate surface area is 259 Å². The molecule has 0 aromatic heterocycles. The summed E-state index contributed by atoms with van der Waals surface area (Å²) in [4.78, 5) is 18.0. The third-order valence-electron chi connectivity index (χ3n) is 9.59. The van der Waals surface area contributed by atoms with Crippen LogP contribution in [0.4, 0.5) is 4.39 Å². The number of carbonyl (C=O) groups excluding carboxylic acids is 1. The van der Waals surface area contributed by atoms with Crippen LogP contribution in [0.15, 0.2) is 72.8 Å². The molecule has 4 rings (SSSR count). The lowest BCUT2D eigenvalue weighted by atomic mass is 9.90. The van der Waals surface area contributed by atoms with E-state index in [0.717, 1.165) is 61.3 Å². The van der Waals surface area contributed by atoms with E-state index >= 15 is 4.39 Å². The number of halogens is 1. The first-order valence-corrected chi connectivity index (χ1v) is 15.9. The molecule has 2 aliphatic heterocycles. The fourth-order valence-corrected chi connectivity index (χ4v) is 6.21. The van der Waals surface area contributed by atoms with Crippen molar-refractivity contribution in [1.82, 2.24) is 15.1 Å². The van der Waals surface area contributed by atoms with Crippen molar-refractivity contribution in [2.45, 2.75) is 52.1 Å². The van der Waals surface area contributed by atoms with Gasteiger partial charge in [-0.1, -0.05) is 36.4 Å². The van der Waals surface area contributed by atoms with E-state index in [9.17, 15) is 4.79 Å². The second-order valence-corrected chi connectivity index (χ2v) is 13.3. The largest absolute Gasteiger partial charge is 0.348 e. The quantitative estimate of drug-likeness (QED) is 0.190. The van der Waals surface area contributed by atoms with Crippen LogP contribution in [0.5, 0.6) is 0 Å². The fraction of sp³-hybridized carbons (Fsp3) is 0.486. The zero-order valence-electron chi connectivity index (χ0n) is 27.0. The van der Waals surface area contributed by atoms with E-state index in [1.807, 2.05) is 30.3 Å². The molecular formula is C37H52FN4O+. The Hall–Kier alpha value is -3.06. The van der Waals surface area contributed by atoms with Crippen LogP contribution in [0.2, 0.25) is 0 Å². The highest BCUT2D eigenvalue weighted by Crippen LogP contribution is 2.26. The van der Waals surface area contributed by atoms with Crippen molar-refractivity contribution in [3.63, 3.8) is 0 Å². The third-order valence-corrected chi connectivity index (χ3v) is 9.59. The van der Waals surface area contributed by atoms with Crippen LogP contribution in [0.3, 0.4) is 0 Å². The number of rotatable bonds is 11. The minimum absolute atomic E-state index is 0.105. The maximum Gasteiger partial charge on any atom is 0.251 e. The molecule has 1 atom stereocenters. The van der Waals surface area contributed by atoms with Gasteiger partial charge in [0.1, 0.15) is 5.82 Å². The lowest BCUT2D eigenvalue weighted by Crippen LogP contribution is -2.60. The summed E-state index contributed by atoms with van der Waals surface area (Å²) >= 11 is 0. The molecule has 1 N–H and O–H groups in total. The number of likely N-dealkylation sites (N-methyl/N-ethyl adjacent to an activating group) is 1. The SMILES string of the molecule is C=CC/C(=C\C(=C/C)CN1CC[N+](C)(C)C(C)C1)c1cc(CNC(=O)c2cccc(CC3CCN(C)CC3)c2)ccc1F. The number of nitrogens with zero attached hydrogens (tertiary/aromatic N) is 3. The van der Waals surface area contributed by atoms with Gasteiger partial charge in [0.25, 0.3) is 5.91 Å². The van der Waals surface area contributed by atoms with E-state index in [-0.39, 0.29) is 11.7 Å². The predicted molar refractivity (Wildman–Crippen MR) is 177 cm³/mol. The third kappa shape index (κ3) is 9.21. The maximum atomic E-state index is 15.2. The number of amides is 1. The first-order chi connectivity index (χ1) is 20.6. The van der Waals surface area contributed by atoms with Gasteiger partial charge in [-0.25, -0.2) is 4.39 Å². The molecule has 2 aromatic carbocycles. The van der Waals surface area contributed by atoms with Gasteiger partial charge in [-0.2, -0.15) is 0 Å². The Morgan fingerprint density at radius 3 is 2.58 bits per heavy atom. The highest BCUT2D eigenvalue weighted by atomic mass is 19.1. The Balaban J connectivity index is 1.42. The summed E-state index contributed by atoms with van der Waals surface area (Å²) in [6, 6.07) is 13.7. The molecule has 1 unspecified atom stereocenters. The molecule has 0 saturated carbocycles. The minimum atomic E-state index is -0.258. The minimum Gasteiger partial charge on any atom is -0.348 e. The summed E-state index contributed by atoms with van der Waals surface area (Å²) in [7, 11) is 6.78. The number of piperidine rings is 1. The van der Waals surface area contributed by atoms with E-state index in [4.69, 9.17) is 0 Å². The number of benzene rings is 2. The number of allylic oxidation sites excluding steroid dienone is 3. The average molecular weight is 588 g/mol. The Bertz CT molecular complexity index is 1320. The number of nitrogens with one attached hydrogen (secondary N) is 1. The molecular weight excluding hydrogens is 535 g/mol. The summed E-state index contributed by atoms with van der Waals surface area (Å²) in [5.74, 6) is 0.306. The van der Waals surface area contributed by atoms with Gasteiger partial charge in [-0.3, -0.25) is 9.69 Å². The number of piperazine rings is 1. The van der Waals surface area contributed by atoms with Gasteiger partial charge in [0, 0.05) is 30.8 Å². The Morgan fingerprint density at radius 2 is 1.88 bits per heavy atom. The van der Waals surface area contributed by atoms with E-state index < -0.39 is 0 Å². The first kappa shape index (κ1) is 32.8. The monoisotopic (exact) mass is 587 g/mol. The van der Waals surface area contributed by atoms with E-state index in [0.29, 0.717) is 36.1 Å². The molecule has 2 fully saturated rings. The van der Waals surface area contributed by atoms with Crippen LogP contribution < -0.4 is 5.32 Å². The molecule has 2 aromatic rings. The van der Waals surface area contributed by atoms with Crippen LogP contribution in [0.25, 0.3) is 5.57 Å². The van der Waals surface area contributed by atoms with Crippen molar-refractivity contribution in [2.75, 3.05) is 60.4 Å². The van der Waals surface area contributed by atoms with Crippen molar-refractivity contribution >= 4 is 11.5 Å². The maximum absolute atomic E-state index is 15.2. The predicted octanol–water partition coefficient (Wildman–Crippen LogP) is 6.33. The number of likely N-dealkylation sites (tertiary alicyclic amines) is 1. The summed E-state index contributed by atoms with van der Waals surface area (Å²) in [5.41, 5.74) is 5.40. The normalized spacial score (nSPS) is 20.7. The number of carbonyl (C=O) groups is 1. The molecule has 0 bridgehead atoms. The number of hydrogen-bond acceptors (Lipinski definition) is 3. The smallest absolute Gasteiger partial charge is 0.251 e. The van der Waals surface area contributed by atoms with Gasteiger partial charge in [-0.05, 0) is 112 Å². The molecule has 2 saturated heterocycles. The molecule has 5 nitrogen and oxygen atoms in total. The van der Waals surface area contributed by atoms with Crippen molar-refractivity contribution in [3.05, 3.63) is 101 Å². The molecule has 43 heavy (non-hydrogen) atoms.